The van der Waals surface area contributed by atoms with Gasteiger partial charge in [0.05, 0.1) is 17.8 Å². The number of amides is 1. The molecule has 2 heterocycles. The van der Waals surface area contributed by atoms with Crippen LogP contribution in [0.5, 0.6) is 11.5 Å². The SMILES string of the molecule is O=C(c1cc(Cl)c2c(c1)OCO2)N(Cc1ccccc1)Cc1ccco1. The highest BCUT2D eigenvalue weighted by molar-refractivity contribution is 6.32. The molecule has 1 amide bonds. The van der Waals surface area contributed by atoms with E-state index >= 15 is 0 Å². The minimum atomic E-state index is -0.162. The Hall–Kier alpha value is -2.92. The first-order valence-corrected chi connectivity index (χ1v) is 8.53. The molecule has 4 rings (SSSR count). The smallest absolute Gasteiger partial charge is 0.254 e. The predicted octanol–water partition coefficient (Wildman–Crippen LogP) is 4.50. The molecule has 132 valence electrons. The molecule has 0 radical (unpaired) electrons. The lowest BCUT2D eigenvalue weighted by atomic mass is 10.1. The molecule has 0 unspecified atom stereocenters. The average Bonchev–Trinajstić information content (AvgIpc) is 3.33. The number of hydrogen-bond acceptors (Lipinski definition) is 4. The van der Waals surface area contributed by atoms with Crippen LogP contribution in [0.15, 0.2) is 65.3 Å². The predicted molar refractivity (Wildman–Crippen MR) is 96.3 cm³/mol. The van der Waals surface area contributed by atoms with Crippen LogP contribution >= 0.6 is 11.6 Å². The van der Waals surface area contributed by atoms with Crippen molar-refractivity contribution in [3.8, 4) is 11.5 Å². The van der Waals surface area contributed by atoms with Crippen LogP contribution in [0, 0.1) is 0 Å². The molecule has 1 aromatic heterocycles. The summed E-state index contributed by atoms with van der Waals surface area (Å²) in [5.74, 6) is 1.51. The zero-order valence-corrected chi connectivity index (χ0v) is 14.6. The van der Waals surface area contributed by atoms with Crippen molar-refractivity contribution in [1.82, 2.24) is 4.90 Å². The van der Waals surface area contributed by atoms with Crippen LogP contribution in [0.2, 0.25) is 5.02 Å². The highest BCUT2D eigenvalue weighted by atomic mass is 35.5. The number of furan rings is 1. The Morgan fingerprint density at radius 2 is 1.88 bits per heavy atom. The number of carbonyl (C=O) groups excluding carboxylic acids is 1. The van der Waals surface area contributed by atoms with E-state index in [0.717, 1.165) is 5.56 Å². The Labute approximate surface area is 155 Å². The van der Waals surface area contributed by atoms with Gasteiger partial charge < -0.3 is 18.8 Å². The lowest BCUT2D eigenvalue weighted by Gasteiger charge is -2.22. The first kappa shape index (κ1) is 16.5. The molecule has 0 fully saturated rings. The van der Waals surface area contributed by atoms with E-state index in [4.69, 9.17) is 25.5 Å². The van der Waals surface area contributed by atoms with Crippen molar-refractivity contribution in [3.63, 3.8) is 0 Å². The minimum absolute atomic E-state index is 0.104. The van der Waals surface area contributed by atoms with Gasteiger partial charge in [0.15, 0.2) is 11.5 Å². The van der Waals surface area contributed by atoms with E-state index in [-0.39, 0.29) is 12.7 Å². The molecule has 0 atom stereocenters. The summed E-state index contributed by atoms with van der Waals surface area (Å²) in [5, 5.41) is 0.362. The zero-order valence-electron chi connectivity index (χ0n) is 13.9. The third kappa shape index (κ3) is 3.39. The average molecular weight is 370 g/mol. The van der Waals surface area contributed by atoms with Gasteiger partial charge in [0, 0.05) is 12.1 Å². The van der Waals surface area contributed by atoms with Crippen LogP contribution < -0.4 is 9.47 Å². The number of ether oxygens (including phenoxy) is 2. The molecule has 0 spiro atoms. The molecule has 0 N–H and O–H groups in total. The first-order valence-electron chi connectivity index (χ1n) is 8.15. The van der Waals surface area contributed by atoms with Crippen LogP contribution in [-0.2, 0) is 13.1 Å². The summed E-state index contributed by atoms with van der Waals surface area (Å²) in [4.78, 5) is 14.9. The van der Waals surface area contributed by atoms with Crippen molar-refractivity contribution in [2.75, 3.05) is 6.79 Å². The van der Waals surface area contributed by atoms with E-state index in [2.05, 4.69) is 0 Å². The van der Waals surface area contributed by atoms with Gasteiger partial charge in [0.2, 0.25) is 6.79 Å². The van der Waals surface area contributed by atoms with Crippen LogP contribution in [-0.4, -0.2) is 17.6 Å². The van der Waals surface area contributed by atoms with Crippen molar-refractivity contribution < 1.29 is 18.7 Å². The Balaban J connectivity index is 1.64. The minimum Gasteiger partial charge on any atom is -0.467 e. The summed E-state index contributed by atoms with van der Waals surface area (Å²) in [6.45, 7) is 0.909. The summed E-state index contributed by atoms with van der Waals surface area (Å²) >= 11 is 6.23. The maximum atomic E-state index is 13.2. The van der Waals surface area contributed by atoms with E-state index in [0.29, 0.717) is 40.9 Å². The lowest BCUT2D eigenvalue weighted by molar-refractivity contribution is 0.0717. The van der Waals surface area contributed by atoms with Crippen molar-refractivity contribution in [1.29, 1.82) is 0 Å². The summed E-state index contributed by atoms with van der Waals surface area (Å²) < 4.78 is 16.1. The highest BCUT2D eigenvalue weighted by Gasteiger charge is 2.24. The Morgan fingerprint density at radius 3 is 2.65 bits per heavy atom. The second-order valence-electron chi connectivity index (χ2n) is 5.92. The fraction of sp³-hybridized carbons (Fsp3) is 0.150. The van der Waals surface area contributed by atoms with Gasteiger partial charge in [0.25, 0.3) is 5.91 Å². The summed E-state index contributed by atoms with van der Waals surface area (Å²) in [6.07, 6.45) is 1.60. The molecule has 0 bridgehead atoms. The highest BCUT2D eigenvalue weighted by Crippen LogP contribution is 2.40. The third-order valence-corrected chi connectivity index (χ3v) is 4.39. The van der Waals surface area contributed by atoms with Gasteiger partial charge in [-0.1, -0.05) is 41.9 Å². The third-order valence-electron chi connectivity index (χ3n) is 4.10. The van der Waals surface area contributed by atoms with Crippen LogP contribution in [0.3, 0.4) is 0 Å². The van der Waals surface area contributed by atoms with Gasteiger partial charge in [-0.2, -0.15) is 0 Å². The second-order valence-corrected chi connectivity index (χ2v) is 6.33. The molecular weight excluding hydrogens is 354 g/mol. The monoisotopic (exact) mass is 369 g/mol. The van der Waals surface area contributed by atoms with Gasteiger partial charge in [0.1, 0.15) is 5.76 Å². The topological polar surface area (TPSA) is 51.9 Å². The molecular formula is C20H16ClNO4. The van der Waals surface area contributed by atoms with E-state index in [1.807, 2.05) is 36.4 Å². The van der Waals surface area contributed by atoms with Crippen LogP contribution in [0.1, 0.15) is 21.7 Å². The first-order chi connectivity index (χ1) is 12.7. The van der Waals surface area contributed by atoms with Gasteiger partial charge in [-0.25, -0.2) is 0 Å². The molecule has 6 heteroatoms. The zero-order chi connectivity index (χ0) is 17.9. The summed E-state index contributed by atoms with van der Waals surface area (Å²) in [6, 6.07) is 16.7. The van der Waals surface area contributed by atoms with Crippen LogP contribution in [0.4, 0.5) is 0 Å². The molecule has 1 aliphatic rings. The standard InChI is InChI=1S/C20H16ClNO4/c21-17-9-15(10-18-19(17)26-13-25-18)20(23)22(12-16-7-4-8-24-16)11-14-5-2-1-3-6-14/h1-10H,11-13H2. The number of benzene rings is 2. The molecule has 1 aliphatic heterocycles. The van der Waals surface area contributed by atoms with Crippen molar-refractivity contribution in [2.45, 2.75) is 13.1 Å². The number of carbonyl (C=O) groups is 1. The van der Waals surface area contributed by atoms with E-state index in [1.165, 1.54) is 0 Å². The van der Waals surface area contributed by atoms with E-state index in [1.54, 1.807) is 29.4 Å². The Bertz CT molecular complexity index is 909. The molecule has 0 aliphatic carbocycles. The van der Waals surface area contributed by atoms with Crippen LogP contribution in [0.25, 0.3) is 0 Å². The number of rotatable bonds is 5. The van der Waals surface area contributed by atoms with E-state index < -0.39 is 0 Å². The number of fused-ring (bicyclic) bond motifs is 1. The van der Waals surface area contributed by atoms with E-state index in [9.17, 15) is 4.79 Å². The van der Waals surface area contributed by atoms with Crippen molar-refractivity contribution >= 4 is 17.5 Å². The maximum Gasteiger partial charge on any atom is 0.254 e. The number of halogens is 1. The Kier molecular flexibility index (Phi) is 4.54. The molecule has 3 aromatic rings. The second kappa shape index (κ2) is 7.14. The van der Waals surface area contributed by atoms with Gasteiger partial charge in [-0.05, 0) is 29.8 Å². The number of hydrogen-bond donors (Lipinski definition) is 0. The maximum absolute atomic E-state index is 13.2. The van der Waals surface area contributed by atoms with Gasteiger partial charge >= 0.3 is 0 Å². The quantitative estimate of drug-likeness (QED) is 0.664. The van der Waals surface area contributed by atoms with Crippen molar-refractivity contribution in [3.05, 3.63) is 82.8 Å². The Morgan fingerprint density at radius 1 is 1.04 bits per heavy atom. The number of nitrogens with zero attached hydrogens (tertiary/aromatic N) is 1. The lowest BCUT2D eigenvalue weighted by Crippen LogP contribution is -2.30. The molecule has 0 saturated heterocycles. The molecule has 5 nitrogen and oxygen atoms in total. The summed E-state index contributed by atoms with van der Waals surface area (Å²) in [7, 11) is 0. The van der Waals surface area contributed by atoms with Crippen molar-refractivity contribution in [2.24, 2.45) is 0 Å². The molecule has 2 aromatic carbocycles. The molecule has 0 saturated carbocycles. The normalized spacial score (nSPS) is 12.2. The van der Waals surface area contributed by atoms with Gasteiger partial charge in [-0.15, -0.1) is 0 Å². The fourth-order valence-electron chi connectivity index (χ4n) is 2.87. The largest absolute Gasteiger partial charge is 0.467 e. The fourth-order valence-corrected chi connectivity index (χ4v) is 3.13. The van der Waals surface area contributed by atoms with Gasteiger partial charge in [-0.3, -0.25) is 4.79 Å². The summed E-state index contributed by atoms with van der Waals surface area (Å²) in [5.41, 5.74) is 1.47. The molecule has 26 heavy (non-hydrogen) atoms.